The number of pyridine rings is 1. The fraction of sp³-hybridized carbons (Fsp3) is 0.462. The van der Waals surface area contributed by atoms with E-state index in [9.17, 15) is 14.0 Å². The number of hydrogen-bond acceptors (Lipinski definition) is 3. The van der Waals surface area contributed by atoms with Crippen molar-refractivity contribution in [3.63, 3.8) is 0 Å². The van der Waals surface area contributed by atoms with Crippen LogP contribution in [-0.2, 0) is 4.79 Å². The fourth-order valence-corrected chi connectivity index (χ4v) is 2.31. The van der Waals surface area contributed by atoms with Gasteiger partial charge in [0.05, 0.1) is 12.1 Å². The fourth-order valence-electron chi connectivity index (χ4n) is 2.31. The van der Waals surface area contributed by atoms with E-state index in [1.807, 2.05) is 0 Å². The van der Waals surface area contributed by atoms with Crippen molar-refractivity contribution in [1.29, 1.82) is 0 Å². The predicted octanol–water partition coefficient (Wildman–Crippen LogP) is 1.59. The largest absolute Gasteiger partial charge is 0.481 e. The molecule has 1 aliphatic rings. The molecule has 2 N–H and O–H groups in total. The summed E-state index contributed by atoms with van der Waals surface area (Å²) in [6.45, 7) is 0. The molecule has 1 aromatic heterocycles. The Balaban J connectivity index is 1.95. The molecule has 1 fully saturated rings. The van der Waals surface area contributed by atoms with Gasteiger partial charge in [-0.1, -0.05) is 6.42 Å². The van der Waals surface area contributed by atoms with E-state index < -0.39 is 23.6 Å². The number of nitrogens with zero attached hydrogens (tertiary/aromatic N) is 1. The molecule has 1 aromatic rings. The number of hydrogen-bond donors (Lipinski definition) is 2. The Kier molecular flexibility index (Phi) is 4.09. The lowest BCUT2D eigenvalue weighted by Crippen LogP contribution is -2.40. The highest BCUT2D eigenvalue weighted by Crippen LogP contribution is 2.24. The normalized spacial score (nSPS) is 22.8. The van der Waals surface area contributed by atoms with E-state index in [4.69, 9.17) is 5.11 Å². The van der Waals surface area contributed by atoms with Gasteiger partial charge in [-0.3, -0.25) is 9.59 Å². The molecule has 1 saturated carbocycles. The van der Waals surface area contributed by atoms with Crippen LogP contribution in [0.5, 0.6) is 0 Å². The number of aromatic nitrogens is 1. The van der Waals surface area contributed by atoms with Crippen molar-refractivity contribution in [3.8, 4) is 0 Å². The molecule has 0 saturated heterocycles. The van der Waals surface area contributed by atoms with Crippen molar-refractivity contribution in [1.82, 2.24) is 10.3 Å². The van der Waals surface area contributed by atoms with Crippen molar-refractivity contribution in [2.75, 3.05) is 0 Å². The van der Waals surface area contributed by atoms with Gasteiger partial charge in [-0.25, -0.2) is 9.37 Å². The molecule has 5 nitrogen and oxygen atoms in total. The van der Waals surface area contributed by atoms with Crippen LogP contribution in [0.15, 0.2) is 18.3 Å². The summed E-state index contributed by atoms with van der Waals surface area (Å²) in [6, 6.07) is 2.32. The molecule has 102 valence electrons. The lowest BCUT2D eigenvalue weighted by atomic mass is 9.86. The molecule has 0 bridgehead atoms. The highest BCUT2D eigenvalue weighted by atomic mass is 19.1. The highest BCUT2D eigenvalue weighted by Gasteiger charge is 2.28. The van der Waals surface area contributed by atoms with E-state index in [2.05, 4.69) is 10.3 Å². The van der Waals surface area contributed by atoms with Gasteiger partial charge in [0.15, 0.2) is 0 Å². The van der Waals surface area contributed by atoms with Gasteiger partial charge in [0.2, 0.25) is 0 Å². The van der Waals surface area contributed by atoms with Crippen molar-refractivity contribution in [2.24, 2.45) is 5.92 Å². The average Bonchev–Trinajstić information content (AvgIpc) is 2.39. The van der Waals surface area contributed by atoms with Gasteiger partial charge in [-0.05, 0) is 31.4 Å². The highest BCUT2D eigenvalue weighted by molar-refractivity contribution is 5.92. The SMILES string of the molecule is O=C(NC1CCCC(C(=O)O)C1)c1ccc(F)cn1. The zero-order valence-electron chi connectivity index (χ0n) is 10.3. The average molecular weight is 266 g/mol. The first-order valence-electron chi connectivity index (χ1n) is 6.21. The van der Waals surface area contributed by atoms with Gasteiger partial charge in [0.1, 0.15) is 11.5 Å². The Hall–Kier alpha value is -1.98. The van der Waals surface area contributed by atoms with Gasteiger partial charge < -0.3 is 10.4 Å². The van der Waals surface area contributed by atoms with E-state index in [1.165, 1.54) is 12.1 Å². The molecule has 1 aliphatic carbocycles. The Bertz CT molecular complexity index is 475. The number of rotatable bonds is 3. The van der Waals surface area contributed by atoms with Crippen LogP contribution in [-0.4, -0.2) is 28.0 Å². The molecular weight excluding hydrogens is 251 g/mol. The van der Waals surface area contributed by atoms with Crippen molar-refractivity contribution < 1.29 is 19.1 Å². The second-order valence-corrected chi connectivity index (χ2v) is 4.73. The lowest BCUT2D eigenvalue weighted by molar-refractivity contribution is -0.143. The quantitative estimate of drug-likeness (QED) is 0.870. The van der Waals surface area contributed by atoms with Crippen LogP contribution in [0.3, 0.4) is 0 Å². The zero-order chi connectivity index (χ0) is 13.8. The standard InChI is InChI=1S/C13H15FN2O3/c14-9-4-5-11(15-7-9)12(17)16-10-3-1-2-8(6-10)13(18)19/h4-5,7-8,10H,1-3,6H2,(H,16,17)(H,18,19). The number of halogens is 1. The van der Waals surface area contributed by atoms with Crippen molar-refractivity contribution in [2.45, 2.75) is 31.7 Å². The number of carbonyl (C=O) groups is 2. The molecule has 6 heteroatoms. The number of carbonyl (C=O) groups excluding carboxylic acids is 1. The molecule has 19 heavy (non-hydrogen) atoms. The predicted molar refractivity (Wildman–Crippen MR) is 65.0 cm³/mol. The lowest BCUT2D eigenvalue weighted by Gasteiger charge is -2.27. The molecule has 1 amide bonds. The Labute approximate surface area is 109 Å². The number of nitrogens with one attached hydrogen (secondary N) is 1. The van der Waals surface area contributed by atoms with E-state index in [0.717, 1.165) is 19.0 Å². The van der Waals surface area contributed by atoms with Gasteiger partial charge in [-0.15, -0.1) is 0 Å². The van der Waals surface area contributed by atoms with Gasteiger partial charge in [-0.2, -0.15) is 0 Å². The monoisotopic (exact) mass is 266 g/mol. The second kappa shape index (κ2) is 5.77. The van der Waals surface area contributed by atoms with E-state index in [-0.39, 0.29) is 11.7 Å². The summed E-state index contributed by atoms with van der Waals surface area (Å²) in [5.41, 5.74) is 0.138. The number of aliphatic carboxylic acids is 1. The third kappa shape index (κ3) is 3.49. The minimum Gasteiger partial charge on any atom is -0.481 e. The van der Waals surface area contributed by atoms with Crippen molar-refractivity contribution >= 4 is 11.9 Å². The summed E-state index contributed by atoms with van der Waals surface area (Å²) in [5.74, 6) is -2.12. The molecular formula is C13H15FN2O3. The maximum absolute atomic E-state index is 12.7. The first-order chi connectivity index (χ1) is 9.06. The summed E-state index contributed by atoms with van der Waals surface area (Å²) in [5, 5.41) is 11.7. The summed E-state index contributed by atoms with van der Waals surface area (Å²) < 4.78 is 12.7. The smallest absolute Gasteiger partial charge is 0.306 e. The number of amides is 1. The molecule has 0 aromatic carbocycles. The summed E-state index contributed by atoms with van der Waals surface area (Å²) in [6.07, 6.45) is 3.60. The van der Waals surface area contributed by atoms with Crippen molar-refractivity contribution in [3.05, 3.63) is 29.8 Å². The van der Waals surface area contributed by atoms with E-state index in [0.29, 0.717) is 12.8 Å². The maximum Gasteiger partial charge on any atom is 0.306 e. The van der Waals surface area contributed by atoms with E-state index in [1.54, 1.807) is 0 Å². The molecule has 0 spiro atoms. The first-order valence-corrected chi connectivity index (χ1v) is 6.21. The van der Waals surface area contributed by atoms with Crippen LogP contribution >= 0.6 is 0 Å². The van der Waals surface area contributed by atoms with Crippen LogP contribution in [0.25, 0.3) is 0 Å². The van der Waals surface area contributed by atoms with Crippen LogP contribution in [0, 0.1) is 11.7 Å². The minimum atomic E-state index is -0.821. The van der Waals surface area contributed by atoms with Crippen LogP contribution in [0.1, 0.15) is 36.2 Å². The zero-order valence-corrected chi connectivity index (χ0v) is 10.3. The molecule has 2 unspecified atom stereocenters. The third-order valence-corrected chi connectivity index (χ3v) is 3.32. The van der Waals surface area contributed by atoms with Crippen LogP contribution < -0.4 is 5.32 Å². The Morgan fingerprint density at radius 1 is 1.37 bits per heavy atom. The molecule has 2 rings (SSSR count). The summed E-state index contributed by atoms with van der Waals surface area (Å²) in [4.78, 5) is 26.5. The molecule has 0 aliphatic heterocycles. The van der Waals surface area contributed by atoms with Gasteiger partial charge >= 0.3 is 5.97 Å². The number of carboxylic acids is 1. The van der Waals surface area contributed by atoms with Crippen LogP contribution in [0.2, 0.25) is 0 Å². The van der Waals surface area contributed by atoms with E-state index >= 15 is 0 Å². The number of carboxylic acid groups (broad SMARTS) is 1. The molecule has 0 radical (unpaired) electrons. The summed E-state index contributed by atoms with van der Waals surface area (Å²) >= 11 is 0. The molecule has 1 heterocycles. The Morgan fingerprint density at radius 2 is 2.16 bits per heavy atom. The molecule has 2 atom stereocenters. The first kappa shape index (κ1) is 13.5. The topological polar surface area (TPSA) is 79.3 Å². The van der Waals surface area contributed by atoms with Gasteiger partial charge in [0.25, 0.3) is 5.91 Å². The second-order valence-electron chi connectivity index (χ2n) is 4.73. The third-order valence-electron chi connectivity index (χ3n) is 3.32. The Morgan fingerprint density at radius 3 is 2.79 bits per heavy atom. The maximum atomic E-state index is 12.7. The van der Waals surface area contributed by atoms with Crippen LogP contribution in [0.4, 0.5) is 4.39 Å². The van der Waals surface area contributed by atoms with Gasteiger partial charge in [0, 0.05) is 6.04 Å². The minimum absolute atomic E-state index is 0.138. The summed E-state index contributed by atoms with van der Waals surface area (Å²) in [7, 11) is 0.